The van der Waals surface area contributed by atoms with Gasteiger partial charge >= 0.3 is 0 Å². The summed E-state index contributed by atoms with van der Waals surface area (Å²) in [7, 11) is 0. The molecule has 0 aliphatic carbocycles. The molecule has 0 aromatic carbocycles. The Balaban J connectivity index is 1.94. The molecule has 1 aliphatic heterocycles. The smallest absolute Gasteiger partial charge is 0.130 e. The molecule has 4 nitrogen and oxygen atoms in total. The molecule has 1 fully saturated rings. The molecule has 1 aromatic heterocycles. The van der Waals surface area contributed by atoms with Crippen LogP contribution in [0.2, 0.25) is 0 Å². The summed E-state index contributed by atoms with van der Waals surface area (Å²) in [6.45, 7) is 8.86. The maximum Gasteiger partial charge on any atom is 0.130 e. The Morgan fingerprint density at radius 3 is 2.88 bits per heavy atom. The van der Waals surface area contributed by atoms with Gasteiger partial charge in [0, 0.05) is 50.5 Å². The molecule has 17 heavy (non-hydrogen) atoms. The number of nitrogens with one attached hydrogen (secondary N) is 1. The van der Waals surface area contributed by atoms with Crippen LogP contribution in [0, 0.1) is 0 Å². The van der Waals surface area contributed by atoms with Crippen molar-refractivity contribution in [3.8, 4) is 0 Å². The molecule has 1 saturated heterocycles. The quantitative estimate of drug-likeness (QED) is 0.839. The van der Waals surface area contributed by atoms with E-state index in [1.165, 1.54) is 0 Å². The molecule has 1 aliphatic rings. The van der Waals surface area contributed by atoms with Crippen LogP contribution in [0.5, 0.6) is 0 Å². The van der Waals surface area contributed by atoms with E-state index in [2.05, 4.69) is 34.0 Å². The van der Waals surface area contributed by atoms with E-state index >= 15 is 0 Å². The van der Waals surface area contributed by atoms with E-state index in [9.17, 15) is 0 Å². The van der Waals surface area contributed by atoms with E-state index in [-0.39, 0.29) is 0 Å². The van der Waals surface area contributed by atoms with Gasteiger partial charge in [0.2, 0.25) is 0 Å². The lowest BCUT2D eigenvalue weighted by molar-refractivity contribution is 0.181. The molecule has 4 heteroatoms. The first kappa shape index (κ1) is 12.5. The highest BCUT2D eigenvalue weighted by Gasteiger charge is 2.17. The fourth-order valence-corrected chi connectivity index (χ4v) is 2.25. The van der Waals surface area contributed by atoms with Crippen molar-refractivity contribution in [3.05, 3.63) is 23.8 Å². The van der Waals surface area contributed by atoms with Crippen molar-refractivity contribution in [2.24, 2.45) is 0 Å². The average Bonchev–Trinajstić information content (AvgIpc) is 2.40. The summed E-state index contributed by atoms with van der Waals surface area (Å²) in [5.41, 5.74) is 1.14. The van der Waals surface area contributed by atoms with Gasteiger partial charge in [0.1, 0.15) is 5.82 Å². The van der Waals surface area contributed by atoms with Crippen molar-refractivity contribution in [2.75, 3.05) is 26.2 Å². The Labute approximate surface area is 103 Å². The van der Waals surface area contributed by atoms with Gasteiger partial charge in [0.25, 0.3) is 0 Å². The fourth-order valence-electron chi connectivity index (χ4n) is 2.25. The van der Waals surface area contributed by atoms with E-state index in [0.29, 0.717) is 6.04 Å². The summed E-state index contributed by atoms with van der Waals surface area (Å²) >= 11 is 0. The minimum atomic E-state index is 0.532. The second-order valence-electron chi connectivity index (χ2n) is 4.66. The van der Waals surface area contributed by atoms with Crippen LogP contribution in [-0.2, 0) is 12.8 Å². The van der Waals surface area contributed by atoms with Crippen LogP contribution in [0.15, 0.2) is 12.3 Å². The summed E-state index contributed by atoms with van der Waals surface area (Å²) in [6, 6.07) is 2.53. The number of aromatic nitrogens is 2. The Morgan fingerprint density at radius 2 is 2.18 bits per heavy atom. The molecule has 0 bridgehead atoms. The van der Waals surface area contributed by atoms with Crippen molar-refractivity contribution in [1.82, 2.24) is 20.2 Å². The van der Waals surface area contributed by atoms with Gasteiger partial charge in [-0.25, -0.2) is 9.97 Å². The molecule has 1 unspecified atom stereocenters. The number of aryl methyl sites for hydroxylation is 1. The average molecular weight is 234 g/mol. The Morgan fingerprint density at radius 1 is 1.41 bits per heavy atom. The Hall–Kier alpha value is -1.00. The highest BCUT2D eigenvalue weighted by Crippen LogP contribution is 2.07. The fraction of sp³-hybridized carbons (Fsp3) is 0.692. The molecule has 1 N–H and O–H groups in total. The summed E-state index contributed by atoms with van der Waals surface area (Å²) < 4.78 is 0. The molecule has 1 atom stereocenters. The summed E-state index contributed by atoms with van der Waals surface area (Å²) in [5.74, 6) is 0.982. The van der Waals surface area contributed by atoms with E-state index in [1.54, 1.807) is 0 Å². The van der Waals surface area contributed by atoms with E-state index < -0.39 is 0 Å². The third kappa shape index (κ3) is 3.48. The van der Waals surface area contributed by atoms with Gasteiger partial charge < -0.3 is 5.32 Å². The second-order valence-corrected chi connectivity index (χ2v) is 4.66. The zero-order valence-corrected chi connectivity index (χ0v) is 10.8. The Bertz CT molecular complexity index is 347. The summed E-state index contributed by atoms with van der Waals surface area (Å²) in [4.78, 5) is 11.5. The maximum absolute atomic E-state index is 4.57. The first-order chi connectivity index (χ1) is 8.29. The molecule has 0 radical (unpaired) electrons. The number of rotatable bonds is 4. The van der Waals surface area contributed by atoms with Gasteiger partial charge in [-0.3, -0.25) is 4.90 Å². The van der Waals surface area contributed by atoms with Crippen molar-refractivity contribution in [1.29, 1.82) is 0 Å². The molecule has 2 rings (SSSR count). The second kappa shape index (κ2) is 6.07. The van der Waals surface area contributed by atoms with Crippen molar-refractivity contribution < 1.29 is 0 Å². The lowest BCUT2D eigenvalue weighted by Crippen LogP contribution is -2.48. The van der Waals surface area contributed by atoms with Crippen LogP contribution < -0.4 is 5.32 Å². The zero-order valence-electron chi connectivity index (χ0n) is 10.8. The standard InChI is InChI=1S/C13H22N4/c1-3-12-4-5-15-13(16-12)10-11(2)17-8-6-14-7-9-17/h4-5,11,14H,3,6-10H2,1-2H3. The van der Waals surface area contributed by atoms with Crippen LogP contribution in [-0.4, -0.2) is 47.1 Å². The number of hydrogen-bond acceptors (Lipinski definition) is 4. The van der Waals surface area contributed by atoms with E-state index in [4.69, 9.17) is 0 Å². The maximum atomic E-state index is 4.57. The molecular weight excluding hydrogens is 212 g/mol. The summed E-state index contributed by atoms with van der Waals surface area (Å²) in [6.07, 6.45) is 3.82. The first-order valence-corrected chi connectivity index (χ1v) is 6.55. The monoisotopic (exact) mass is 234 g/mol. The minimum absolute atomic E-state index is 0.532. The van der Waals surface area contributed by atoms with Crippen LogP contribution >= 0.6 is 0 Å². The normalized spacial score (nSPS) is 19.2. The van der Waals surface area contributed by atoms with Crippen LogP contribution in [0.3, 0.4) is 0 Å². The van der Waals surface area contributed by atoms with Crippen LogP contribution in [0.4, 0.5) is 0 Å². The largest absolute Gasteiger partial charge is 0.314 e. The van der Waals surface area contributed by atoms with Gasteiger partial charge in [-0.15, -0.1) is 0 Å². The third-order valence-corrected chi connectivity index (χ3v) is 3.38. The topological polar surface area (TPSA) is 41.1 Å². The molecule has 0 amide bonds. The van der Waals surface area contributed by atoms with Crippen molar-refractivity contribution >= 4 is 0 Å². The number of piperazine rings is 1. The predicted molar refractivity (Wildman–Crippen MR) is 69.0 cm³/mol. The van der Waals surface area contributed by atoms with Crippen LogP contribution in [0.25, 0.3) is 0 Å². The van der Waals surface area contributed by atoms with Gasteiger partial charge in [-0.1, -0.05) is 6.92 Å². The van der Waals surface area contributed by atoms with Gasteiger partial charge in [0.05, 0.1) is 0 Å². The molecule has 94 valence electrons. The summed E-state index contributed by atoms with van der Waals surface area (Å²) in [5, 5.41) is 3.38. The minimum Gasteiger partial charge on any atom is -0.314 e. The zero-order chi connectivity index (χ0) is 12.1. The molecule has 0 spiro atoms. The SMILES string of the molecule is CCc1ccnc(CC(C)N2CCNCC2)n1. The lowest BCUT2D eigenvalue weighted by atomic mass is 10.1. The van der Waals surface area contributed by atoms with Gasteiger partial charge in [-0.05, 0) is 19.4 Å². The highest BCUT2D eigenvalue weighted by atomic mass is 15.2. The van der Waals surface area contributed by atoms with Crippen LogP contribution in [0.1, 0.15) is 25.4 Å². The van der Waals surface area contributed by atoms with Crippen molar-refractivity contribution in [2.45, 2.75) is 32.7 Å². The van der Waals surface area contributed by atoms with Gasteiger partial charge in [0.15, 0.2) is 0 Å². The highest BCUT2D eigenvalue weighted by molar-refractivity contribution is 5.03. The van der Waals surface area contributed by atoms with E-state index in [1.807, 2.05) is 12.3 Å². The third-order valence-electron chi connectivity index (χ3n) is 3.38. The molecule has 0 saturated carbocycles. The number of nitrogens with zero attached hydrogens (tertiary/aromatic N) is 3. The molecular formula is C13H22N4. The van der Waals surface area contributed by atoms with Crippen molar-refractivity contribution in [3.63, 3.8) is 0 Å². The molecule has 1 aromatic rings. The Kier molecular flexibility index (Phi) is 4.45. The predicted octanol–water partition coefficient (Wildman–Crippen LogP) is 0.875. The van der Waals surface area contributed by atoms with E-state index in [0.717, 1.165) is 50.5 Å². The van der Waals surface area contributed by atoms with Gasteiger partial charge in [-0.2, -0.15) is 0 Å². The lowest BCUT2D eigenvalue weighted by Gasteiger charge is -2.32. The molecule has 2 heterocycles. The first-order valence-electron chi connectivity index (χ1n) is 6.55. The number of hydrogen-bond donors (Lipinski definition) is 1.